The zero-order valence-electron chi connectivity index (χ0n) is 18.7. The minimum Gasteiger partial charge on any atom is -0.353 e. The van der Waals surface area contributed by atoms with E-state index in [0.29, 0.717) is 37.0 Å². The molecule has 0 bridgehead atoms. The molecule has 0 spiro atoms. The van der Waals surface area contributed by atoms with E-state index in [4.69, 9.17) is 9.97 Å². The van der Waals surface area contributed by atoms with Crippen LogP contribution in [0.3, 0.4) is 0 Å². The number of hydrogen-bond donors (Lipinski definition) is 0. The lowest BCUT2D eigenvalue weighted by Crippen LogP contribution is -2.49. The molecule has 6 nitrogen and oxygen atoms in total. The number of sulfonamides is 1. The number of rotatable bonds is 5. The number of fused-ring (bicyclic) bond motifs is 3. The molecule has 1 atom stereocenters. The van der Waals surface area contributed by atoms with E-state index in [9.17, 15) is 8.42 Å². The highest BCUT2D eigenvalue weighted by atomic mass is 32.2. The first-order valence-corrected chi connectivity index (χ1v) is 13.8. The molecule has 3 aromatic rings. The second-order valence-corrected chi connectivity index (χ2v) is 12.0. The molecule has 1 unspecified atom stereocenters. The fourth-order valence-corrected chi connectivity index (χ4v) is 7.65. The SMILES string of the molecule is CCCc1nc(N2CCN(S(=O)(=O)c3ccccc3)CC2)c2c3c(sc2n1)CC(C)CC3. The molecule has 3 heterocycles. The van der Waals surface area contributed by atoms with Gasteiger partial charge in [-0.15, -0.1) is 11.3 Å². The number of anilines is 1. The predicted molar refractivity (Wildman–Crippen MR) is 130 cm³/mol. The van der Waals surface area contributed by atoms with Gasteiger partial charge in [-0.25, -0.2) is 18.4 Å². The Labute approximate surface area is 194 Å². The fraction of sp³-hybridized carbons (Fsp3) is 0.500. The van der Waals surface area contributed by atoms with Crippen LogP contribution < -0.4 is 4.90 Å². The monoisotopic (exact) mass is 470 g/mol. The van der Waals surface area contributed by atoms with Gasteiger partial charge in [0.15, 0.2) is 0 Å². The van der Waals surface area contributed by atoms with Crippen molar-refractivity contribution in [2.75, 3.05) is 31.1 Å². The largest absolute Gasteiger partial charge is 0.353 e. The highest BCUT2D eigenvalue weighted by molar-refractivity contribution is 7.89. The van der Waals surface area contributed by atoms with E-state index < -0.39 is 10.0 Å². The maximum atomic E-state index is 13.0. The molecule has 170 valence electrons. The van der Waals surface area contributed by atoms with Gasteiger partial charge in [0.1, 0.15) is 16.5 Å². The Morgan fingerprint density at radius 2 is 1.84 bits per heavy atom. The number of benzene rings is 1. The molecule has 1 aromatic carbocycles. The van der Waals surface area contributed by atoms with Gasteiger partial charge in [-0.1, -0.05) is 32.0 Å². The van der Waals surface area contributed by atoms with Gasteiger partial charge < -0.3 is 4.90 Å². The van der Waals surface area contributed by atoms with Crippen LogP contribution in [0.15, 0.2) is 35.2 Å². The van der Waals surface area contributed by atoms with E-state index in [-0.39, 0.29) is 0 Å². The number of thiophene rings is 1. The summed E-state index contributed by atoms with van der Waals surface area (Å²) in [5.74, 6) is 2.64. The van der Waals surface area contributed by atoms with Crippen LogP contribution in [0.2, 0.25) is 0 Å². The highest BCUT2D eigenvalue weighted by Gasteiger charge is 2.31. The van der Waals surface area contributed by atoms with Crippen molar-refractivity contribution in [3.05, 3.63) is 46.6 Å². The summed E-state index contributed by atoms with van der Waals surface area (Å²) >= 11 is 1.84. The molecular formula is C24H30N4O2S2. The summed E-state index contributed by atoms with van der Waals surface area (Å²) in [5.41, 5.74) is 1.43. The molecule has 1 fully saturated rings. The topological polar surface area (TPSA) is 66.4 Å². The normalized spacial score (nSPS) is 19.9. The Kier molecular flexibility index (Phi) is 5.94. The molecule has 2 aromatic heterocycles. The third-order valence-corrected chi connectivity index (χ3v) is 9.64. The number of aromatic nitrogens is 2. The van der Waals surface area contributed by atoms with Crippen molar-refractivity contribution in [3.63, 3.8) is 0 Å². The Balaban J connectivity index is 1.46. The van der Waals surface area contributed by atoms with Crippen molar-refractivity contribution in [1.82, 2.24) is 14.3 Å². The summed E-state index contributed by atoms with van der Waals surface area (Å²) in [4.78, 5) is 15.2. The minimum absolute atomic E-state index is 0.365. The van der Waals surface area contributed by atoms with Crippen molar-refractivity contribution in [2.45, 2.75) is 50.8 Å². The first-order chi connectivity index (χ1) is 15.5. The van der Waals surface area contributed by atoms with Crippen LogP contribution in [-0.4, -0.2) is 48.9 Å². The molecule has 1 aliphatic carbocycles. The molecule has 0 saturated carbocycles. The maximum absolute atomic E-state index is 13.0. The van der Waals surface area contributed by atoms with Gasteiger partial charge in [0, 0.05) is 37.5 Å². The Hall–Kier alpha value is -2.03. The highest BCUT2D eigenvalue weighted by Crippen LogP contribution is 2.41. The molecule has 0 amide bonds. The summed E-state index contributed by atoms with van der Waals surface area (Å²) in [5, 5.41) is 1.22. The lowest BCUT2D eigenvalue weighted by molar-refractivity contribution is 0.384. The first-order valence-electron chi connectivity index (χ1n) is 11.6. The number of nitrogens with zero attached hydrogens (tertiary/aromatic N) is 4. The van der Waals surface area contributed by atoms with Gasteiger partial charge in [0.25, 0.3) is 0 Å². The van der Waals surface area contributed by atoms with Gasteiger partial charge in [-0.2, -0.15) is 4.31 Å². The predicted octanol–water partition coefficient (Wildman–Crippen LogP) is 4.28. The van der Waals surface area contributed by atoms with Gasteiger partial charge in [-0.05, 0) is 49.3 Å². The Bertz CT molecular complexity index is 1220. The Morgan fingerprint density at radius 3 is 2.56 bits per heavy atom. The number of aryl methyl sites for hydroxylation is 2. The third kappa shape index (κ3) is 3.93. The summed E-state index contributed by atoms with van der Waals surface area (Å²) in [6, 6.07) is 8.73. The minimum atomic E-state index is -3.46. The second kappa shape index (κ2) is 8.72. The zero-order chi connectivity index (χ0) is 22.3. The van der Waals surface area contributed by atoms with Crippen molar-refractivity contribution in [3.8, 4) is 0 Å². The van der Waals surface area contributed by atoms with E-state index in [2.05, 4.69) is 18.7 Å². The standard InChI is InChI=1S/C24H30N4O2S2/c1-3-7-21-25-23(22-19-11-10-17(2)16-20(19)31-24(22)26-21)27-12-14-28(15-13-27)32(29,30)18-8-5-4-6-9-18/h4-6,8-9,17H,3,7,10-16H2,1-2H3. The second-order valence-electron chi connectivity index (χ2n) is 8.95. The van der Waals surface area contributed by atoms with Crippen molar-refractivity contribution < 1.29 is 8.42 Å². The van der Waals surface area contributed by atoms with Gasteiger partial charge in [0.2, 0.25) is 10.0 Å². The molecule has 0 radical (unpaired) electrons. The van der Waals surface area contributed by atoms with E-state index in [1.807, 2.05) is 17.4 Å². The smallest absolute Gasteiger partial charge is 0.243 e. The van der Waals surface area contributed by atoms with Crippen LogP contribution in [0.4, 0.5) is 5.82 Å². The molecule has 5 rings (SSSR count). The summed E-state index contributed by atoms with van der Waals surface area (Å²) in [6.07, 6.45) is 5.29. The average molecular weight is 471 g/mol. The van der Waals surface area contributed by atoms with Gasteiger partial charge in [0.05, 0.1) is 10.3 Å². The zero-order valence-corrected chi connectivity index (χ0v) is 20.4. The van der Waals surface area contributed by atoms with Crippen molar-refractivity contribution in [2.24, 2.45) is 5.92 Å². The van der Waals surface area contributed by atoms with Crippen LogP contribution in [0.5, 0.6) is 0 Å². The van der Waals surface area contributed by atoms with Crippen LogP contribution in [0.25, 0.3) is 10.2 Å². The van der Waals surface area contributed by atoms with Crippen molar-refractivity contribution in [1.29, 1.82) is 0 Å². The number of piperazine rings is 1. The third-order valence-electron chi connectivity index (χ3n) is 6.58. The fourth-order valence-electron chi connectivity index (χ4n) is 4.81. The molecule has 1 aliphatic heterocycles. The summed E-state index contributed by atoms with van der Waals surface area (Å²) in [6.45, 7) is 6.70. The molecule has 2 aliphatic rings. The number of hydrogen-bond acceptors (Lipinski definition) is 6. The van der Waals surface area contributed by atoms with E-state index in [1.165, 1.54) is 22.2 Å². The summed E-state index contributed by atoms with van der Waals surface area (Å²) in [7, 11) is -3.46. The van der Waals surface area contributed by atoms with Gasteiger partial charge >= 0.3 is 0 Å². The van der Waals surface area contributed by atoms with Crippen LogP contribution >= 0.6 is 11.3 Å². The lowest BCUT2D eigenvalue weighted by atomic mass is 9.89. The molecule has 32 heavy (non-hydrogen) atoms. The van der Waals surface area contributed by atoms with Crippen LogP contribution in [0, 0.1) is 5.92 Å². The molecular weight excluding hydrogens is 440 g/mol. The molecule has 0 N–H and O–H groups in total. The Morgan fingerprint density at radius 1 is 1.09 bits per heavy atom. The summed E-state index contributed by atoms with van der Waals surface area (Å²) < 4.78 is 27.7. The maximum Gasteiger partial charge on any atom is 0.243 e. The average Bonchev–Trinajstić information content (AvgIpc) is 3.16. The lowest BCUT2D eigenvalue weighted by Gasteiger charge is -2.35. The van der Waals surface area contributed by atoms with Crippen LogP contribution in [-0.2, 0) is 29.3 Å². The van der Waals surface area contributed by atoms with E-state index in [1.54, 1.807) is 28.6 Å². The van der Waals surface area contributed by atoms with E-state index >= 15 is 0 Å². The molecule has 8 heteroatoms. The molecule has 1 saturated heterocycles. The van der Waals surface area contributed by atoms with Gasteiger partial charge in [-0.3, -0.25) is 0 Å². The van der Waals surface area contributed by atoms with E-state index in [0.717, 1.165) is 42.2 Å². The quantitative estimate of drug-likeness (QED) is 0.557. The van der Waals surface area contributed by atoms with Crippen molar-refractivity contribution >= 4 is 37.4 Å². The van der Waals surface area contributed by atoms with Crippen LogP contribution in [0.1, 0.15) is 43.0 Å². The first kappa shape index (κ1) is 21.8.